The fraction of sp³-hybridized carbons (Fsp3) is 0.545. The molecule has 1 aromatic heterocycles. The first kappa shape index (κ1) is 9.99. The highest BCUT2D eigenvalue weighted by molar-refractivity contribution is 7.99. The second-order valence-corrected chi connectivity index (χ2v) is 4.91. The van der Waals surface area contributed by atoms with Crippen LogP contribution in [0.25, 0.3) is 0 Å². The number of nitrogens with one attached hydrogen (secondary N) is 1. The maximum absolute atomic E-state index is 4.12. The van der Waals surface area contributed by atoms with E-state index in [2.05, 4.69) is 28.1 Å². The first-order valence-electron chi connectivity index (χ1n) is 5.16. The number of pyridine rings is 1. The van der Waals surface area contributed by atoms with Gasteiger partial charge in [0.15, 0.2) is 0 Å². The number of nitrogens with zero attached hydrogens (tertiary/aromatic N) is 1. The lowest BCUT2D eigenvalue weighted by Gasteiger charge is -2.21. The third-order valence-electron chi connectivity index (χ3n) is 2.49. The molecule has 1 aromatic rings. The maximum atomic E-state index is 4.12. The van der Waals surface area contributed by atoms with Crippen LogP contribution < -0.4 is 5.32 Å². The summed E-state index contributed by atoms with van der Waals surface area (Å²) in [6.07, 6.45) is 6.42. The molecule has 0 unspecified atom stereocenters. The molecule has 1 saturated heterocycles. The predicted octanol–water partition coefficient (Wildman–Crippen LogP) is 2.07. The van der Waals surface area contributed by atoms with Gasteiger partial charge in [-0.2, -0.15) is 11.8 Å². The van der Waals surface area contributed by atoms with Gasteiger partial charge in [-0.05, 0) is 37.6 Å². The van der Waals surface area contributed by atoms with E-state index in [4.69, 9.17) is 0 Å². The van der Waals surface area contributed by atoms with Gasteiger partial charge < -0.3 is 5.32 Å². The summed E-state index contributed by atoms with van der Waals surface area (Å²) in [4.78, 5) is 4.12. The fourth-order valence-corrected chi connectivity index (χ4v) is 2.83. The number of rotatable bonds is 3. The summed E-state index contributed by atoms with van der Waals surface area (Å²) in [6.45, 7) is 2.37. The fourth-order valence-electron chi connectivity index (χ4n) is 1.66. The second-order valence-electron chi connectivity index (χ2n) is 3.62. The minimum atomic E-state index is 0.844. The molecule has 2 rings (SSSR count). The molecule has 0 spiro atoms. The Morgan fingerprint density at radius 2 is 2.29 bits per heavy atom. The quantitative estimate of drug-likeness (QED) is 0.823. The zero-order chi connectivity index (χ0) is 9.64. The van der Waals surface area contributed by atoms with Crippen LogP contribution >= 0.6 is 11.8 Å². The van der Waals surface area contributed by atoms with Gasteiger partial charge in [0.25, 0.3) is 0 Å². The van der Waals surface area contributed by atoms with Gasteiger partial charge in [-0.25, -0.2) is 0 Å². The van der Waals surface area contributed by atoms with Crippen molar-refractivity contribution in [2.45, 2.75) is 23.8 Å². The van der Waals surface area contributed by atoms with E-state index in [1.807, 2.05) is 18.5 Å². The van der Waals surface area contributed by atoms with E-state index in [1.54, 1.807) is 0 Å². The van der Waals surface area contributed by atoms with Gasteiger partial charge in [-0.3, -0.25) is 4.98 Å². The number of hydrogen-bond acceptors (Lipinski definition) is 3. The molecule has 1 aliphatic heterocycles. The highest BCUT2D eigenvalue weighted by atomic mass is 32.2. The Labute approximate surface area is 89.5 Å². The van der Waals surface area contributed by atoms with Gasteiger partial charge in [-0.15, -0.1) is 0 Å². The van der Waals surface area contributed by atoms with E-state index < -0.39 is 0 Å². The summed E-state index contributed by atoms with van der Waals surface area (Å²) in [5.41, 5.74) is 1.34. The summed E-state index contributed by atoms with van der Waals surface area (Å²) >= 11 is 2.07. The molecule has 2 heterocycles. The predicted molar refractivity (Wildman–Crippen MR) is 61.4 cm³/mol. The largest absolute Gasteiger partial charge is 0.317 e. The molecule has 3 heteroatoms. The summed E-state index contributed by atoms with van der Waals surface area (Å²) in [5.74, 6) is 1.11. The molecule has 0 bridgehead atoms. The Kier molecular flexibility index (Phi) is 3.83. The summed E-state index contributed by atoms with van der Waals surface area (Å²) in [6, 6.07) is 4.17. The van der Waals surface area contributed by atoms with E-state index in [1.165, 1.54) is 31.5 Å². The lowest BCUT2D eigenvalue weighted by atomic mass is 10.2. The number of hydrogen-bond donors (Lipinski definition) is 1. The van der Waals surface area contributed by atoms with Crippen molar-refractivity contribution in [1.82, 2.24) is 10.3 Å². The average molecular weight is 208 g/mol. The SMILES string of the molecule is c1cncc(CSC2CCNCC2)c1. The second kappa shape index (κ2) is 5.37. The molecule has 1 aliphatic rings. The smallest absolute Gasteiger partial charge is 0.0308 e. The van der Waals surface area contributed by atoms with E-state index in [-0.39, 0.29) is 0 Å². The van der Waals surface area contributed by atoms with E-state index >= 15 is 0 Å². The van der Waals surface area contributed by atoms with Gasteiger partial charge in [0.1, 0.15) is 0 Å². The standard InChI is InChI=1S/C11H16N2S/c1-2-10(8-13-5-1)9-14-11-3-6-12-7-4-11/h1-2,5,8,11-12H,3-4,6-7,9H2. The Bertz CT molecular complexity index is 257. The molecule has 0 saturated carbocycles. The van der Waals surface area contributed by atoms with Crippen LogP contribution in [0, 0.1) is 0 Å². The zero-order valence-electron chi connectivity index (χ0n) is 8.28. The third-order valence-corrected chi connectivity index (χ3v) is 3.94. The van der Waals surface area contributed by atoms with Crippen LogP contribution in [0.4, 0.5) is 0 Å². The minimum Gasteiger partial charge on any atom is -0.317 e. The number of aromatic nitrogens is 1. The van der Waals surface area contributed by atoms with Crippen molar-refractivity contribution in [1.29, 1.82) is 0 Å². The zero-order valence-corrected chi connectivity index (χ0v) is 9.09. The molecule has 0 atom stereocenters. The molecule has 0 aliphatic carbocycles. The molecule has 14 heavy (non-hydrogen) atoms. The van der Waals surface area contributed by atoms with Crippen LogP contribution in [0.15, 0.2) is 24.5 Å². The number of thioether (sulfide) groups is 1. The molecular weight excluding hydrogens is 192 g/mol. The Morgan fingerprint density at radius 1 is 1.43 bits per heavy atom. The average Bonchev–Trinajstić information content (AvgIpc) is 2.29. The van der Waals surface area contributed by atoms with Gasteiger partial charge in [-0.1, -0.05) is 6.07 Å². The Balaban J connectivity index is 1.76. The van der Waals surface area contributed by atoms with Crippen molar-refractivity contribution in [3.8, 4) is 0 Å². The van der Waals surface area contributed by atoms with Crippen LogP contribution in [-0.2, 0) is 5.75 Å². The van der Waals surface area contributed by atoms with Crippen LogP contribution in [0.5, 0.6) is 0 Å². The topological polar surface area (TPSA) is 24.9 Å². The van der Waals surface area contributed by atoms with Gasteiger partial charge in [0.2, 0.25) is 0 Å². The monoisotopic (exact) mass is 208 g/mol. The molecule has 1 N–H and O–H groups in total. The van der Waals surface area contributed by atoms with Crippen LogP contribution in [0.3, 0.4) is 0 Å². The lowest BCUT2D eigenvalue weighted by molar-refractivity contribution is 0.531. The van der Waals surface area contributed by atoms with Crippen LogP contribution in [0.1, 0.15) is 18.4 Å². The van der Waals surface area contributed by atoms with Crippen molar-refractivity contribution in [2.75, 3.05) is 13.1 Å². The third kappa shape index (κ3) is 3.00. The molecule has 0 amide bonds. The Hall–Kier alpha value is -0.540. The highest BCUT2D eigenvalue weighted by Crippen LogP contribution is 2.23. The van der Waals surface area contributed by atoms with Crippen molar-refractivity contribution >= 4 is 11.8 Å². The van der Waals surface area contributed by atoms with Crippen LogP contribution in [0.2, 0.25) is 0 Å². The molecule has 1 fully saturated rings. The molecule has 0 aromatic carbocycles. The van der Waals surface area contributed by atoms with E-state index in [9.17, 15) is 0 Å². The van der Waals surface area contributed by atoms with Crippen molar-refractivity contribution < 1.29 is 0 Å². The van der Waals surface area contributed by atoms with Gasteiger partial charge in [0, 0.05) is 23.4 Å². The lowest BCUT2D eigenvalue weighted by Crippen LogP contribution is -2.29. The van der Waals surface area contributed by atoms with Crippen molar-refractivity contribution in [3.63, 3.8) is 0 Å². The molecule has 76 valence electrons. The summed E-state index contributed by atoms with van der Waals surface area (Å²) < 4.78 is 0. The molecule has 0 radical (unpaired) electrons. The Morgan fingerprint density at radius 3 is 3.00 bits per heavy atom. The molecular formula is C11H16N2S. The first-order valence-corrected chi connectivity index (χ1v) is 6.21. The van der Waals surface area contributed by atoms with Crippen LogP contribution in [-0.4, -0.2) is 23.3 Å². The van der Waals surface area contributed by atoms with Gasteiger partial charge in [0.05, 0.1) is 0 Å². The minimum absolute atomic E-state index is 0.844. The van der Waals surface area contributed by atoms with Crippen molar-refractivity contribution in [2.24, 2.45) is 0 Å². The number of piperidine rings is 1. The van der Waals surface area contributed by atoms with E-state index in [0.717, 1.165) is 11.0 Å². The summed E-state index contributed by atoms with van der Waals surface area (Å²) in [7, 11) is 0. The highest BCUT2D eigenvalue weighted by Gasteiger charge is 2.12. The molecule has 2 nitrogen and oxygen atoms in total. The first-order chi connectivity index (χ1) is 6.95. The van der Waals surface area contributed by atoms with E-state index in [0.29, 0.717) is 0 Å². The van der Waals surface area contributed by atoms with Gasteiger partial charge >= 0.3 is 0 Å². The maximum Gasteiger partial charge on any atom is 0.0308 e. The normalized spacial score (nSPS) is 18.3. The summed E-state index contributed by atoms with van der Waals surface area (Å²) in [5, 5.41) is 4.23. The van der Waals surface area contributed by atoms with Crippen molar-refractivity contribution in [3.05, 3.63) is 30.1 Å².